The van der Waals surface area contributed by atoms with Gasteiger partial charge in [-0.3, -0.25) is 14.9 Å². The first kappa shape index (κ1) is 19.9. The average molecular weight is 423 g/mol. The van der Waals surface area contributed by atoms with E-state index in [1.54, 1.807) is 6.92 Å². The van der Waals surface area contributed by atoms with E-state index >= 15 is 0 Å². The highest BCUT2D eigenvalue weighted by Gasteiger charge is 2.36. The monoisotopic (exact) mass is 422 g/mol. The summed E-state index contributed by atoms with van der Waals surface area (Å²) in [6.45, 7) is 2.13. The number of nitrogens with one attached hydrogen (secondary N) is 1. The molecule has 4 amide bonds. The van der Waals surface area contributed by atoms with Gasteiger partial charge in [0.15, 0.2) is 5.75 Å². The van der Waals surface area contributed by atoms with Gasteiger partial charge in [-0.05, 0) is 55.0 Å². The summed E-state index contributed by atoms with van der Waals surface area (Å²) >= 11 is 12.3. The lowest BCUT2D eigenvalue weighted by Gasteiger charge is -2.26. The zero-order valence-corrected chi connectivity index (χ0v) is 16.0. The molecule has 0 radical (unpaired) electrons. The molecule has 6 nitrogen and oxygen atoms in total. The minimum absolute atomic E-state index is 0.116. The summed E-state index contributed by atoms with van der Waals surface area (Å²) < 4.78 is 18.5. The molecule has 0 atom stereocenters. The van der Waals surface area contributed by atoms with Crippen molar-refractivity contribution in [1.29, 1.82) is 0 Å². The van der Waals surface area contributed by atoms with Gasteiger partial charge in [0.25, 0.3) is 11.8 Å². The molecule has 1 saturated heterocycles. The third kappa shape index (κ3) is 3.85. The fourth-order valence-corrected chi connectivity index (χ4v) is 3.21. The molecule has 0 aromatic heterocycles. The molecule has 28 heavy (non-hydrogen) atoms. The summed E-state index contributed by atoms with van der Waals surface area (Å²) in [5, 5.41) is 2.49. The van der Waals surface area contributed by atoms with Crippen molar-refractivity contribution in [3.63, 3.8) is 0 Å². The Morgan fingerprint density at radius 2 is 1.71 bits per heavy atom. The highest BCUT2D eigenvalue weighted by molar-refractivity contribution is 6.40. The number of barbiturate groups is 1. The maximum Gasteiger partial charge on any atom is 0.335 e. The van der Waals surface area contributed by atoms with Crippen LogP contribution in [0.3, 0.4) is 0 Å². The molecular formula is C19H13Cl2FN2O4. The van der Waals surface area contributed by atoms with Gasteiger partial charge in [-0.2, -0.15) is 0 Å². The second kappa shape index (κ2) is 8.00. The predicted molar refractivity (Wildman–Crippen MR) is 103 cm³/mol. The molecule has 0 saturated carbocycles. The third-order valence-corrected chi connectivity index (χ3v) is 4.37. The Balaban J connectivity index is 2.00. The molecule has 1 heterocycles. The summed E-state index contributed by atoms with van der Waals surface area (Å²) in [6.07, 6.45) is 1.26. The van der Waals surface area contributed by atoms with E-state index in [1.807, 2.05) is 0 Å². The third-order valence-electron chi connectivity index (χ3n) is 3.81. The van der Waals surface area contributed by atoms with Gasteiger partial charge in [-0.15, -0.1) is 0 Å². The van der Waals surface area contributed by atoms with E-state index < -0.39 is 23.7 Å². The highest BCUT2D eigenvalue weighted by atomic mass is 35.5. The Morgan fingerprint density at radius 3 is 2.29 bits per heavy atom. The Labute approximate surface area is 169 Å². The van der Waals surface area contributed by atoms with Crippen molar-refractivity contribution >= 4 is 52.8 Å². The van der Waals surface area contributed by atoms with Crippen LogP contribution in [0, 0.1) is 5.82 Å². The first-order chi connectivity index (χ1) is 13.3. The number of ether oxygens (including phenoxy) is 1. The van der Waals surface area contributed by atoms with E-state index in [4.69, 9.17) is 27.9 Å². The number of hydrogen-bond acceptors (Lipinski definition) is 4. The predicted octanol–water partition coefficient (Wildman–Crippen LogP) is 4.20. The summed E-state index contributed by atoms with van der Waals surface area (Å²) in [5.41, 5.74) is 0.177. The van der Waals surface area contributed by atoms with Crippen LogP contribution in [0.4, 0.5) is 14.9 Å². The maximum atomic E-state index is 13.1. The Bertz CT molecular complexity index is 982. The SMILES string of the molecule is CCOc1c(Cl)cc(C=C2C(=O)NC(=O)N(c3ccc(F)cc3)C2=O)cc1Cl. The molecule has 2 aromatic carbocycles. The Morgan fingerprint density at radius 1 is 1.11 bits per heavy atom. The van der Waals surface area contributed by atoms with Crippen molar-refractivity contribution in [3.05, 3.63) is 63.4 Å². The Hall–Kier alpha value is -2.90. The first-order valence-corrected chi connectivity index (χ1v) is 8.86. The van der Waals surface area contributed by atoms with Crippen LogP contribution in [0.5, 0.6) is 5.75 Å². The van der Waals surface area contributed by atoms with E-state index in [-0.39, 0.29) is 27.1 Å². The van der Waals surface area contributed by atoms with Crippen LogP contribution < -0.4 is 15.0 Å². The van der Waals surface area contributed by atoms with Gasteiger partial charge in [0.2, 0.25) is 0 Å². The van der Waals surface area contributed by atoms with Crippen LogP contribution >= 0.6 is 23.2 Å². The fraction of sp³-hybridized carbons (Fsp3) is 0.105. The summed E-state index contributed by atoms with van der Waals surface area (Å²) in [5.74, 6) is -1.97. The van der Waals surface area contributed by atoms with Crippen molar-refractivity contribution in [1.82, 2.24) is 5.32 Å². The molecule has 0 bridgehead atoms. The van der Waals surface area contributed by atoms with Crippen LogP contribution in [0.2, 0.25) is 10.0 Å². The van der Waals surface area contributed by atoms with Crippen molar-refractivity contribution in [2.45, 2.75) is 6.92 Å². The standard InChI is InChI=1S/C19H13Cl2FN2O4/c1-2-28-16-14(20)8-10(9-15(16)21)7-13-17(25)23-19(27)24(18(13)26)12-5-3-11(22)4-6-12/h3-9H,2H2,1H3,(H,23,25,27). The number of amides is 4. The van der Waals surface area contributed by atoms with Gasteiger partial charge in [0.1, 0.15) is 11.4 Å². The topological polar surface area (TPSA) is 75.7 Å². The Kier molecular flexibility index (Phi) is 5.67. The molecule has 0 unspecified atom stereocenters. The van der Waals surface area contributed by atoms with Gasteiger partial charge < -0.3 is 4.74 Å². The van der Waals surface area contributed by atoms with Crippen LogP contribution in [-0.2, 0) is 9.59 Å². The smallest absolute Gasteiger partial charge is 0.335 e. The molecule has 144 valence electrons. The van der Waals surface area contributed by atoms with E-state index in [9.17, 15) is 18.8 Å². The molecule has 1 aliphatic heterocycles. The number of nitrogens with zero attached hydrogens (tertiary/aromatic N) is 1. The van der Waals surface area contributed by atoms with E-state index in [0.717, 1.165) is 17.0 Å². The van der Waals surface area contributed by atoms with Crippen LogP contribution in [0.1, 0.15) is 12.5 Å². The molecule has 1 aliphatic rings. The largest absolute Gasteiger partial charge is 0.491 e. The van der Waals surface area contributed by atoms with Crippen molar-refractivity contribution in [2.24, 2.45) is 0 Å². The zero-order valence-electron chi connectivity index (χ0n) is 14.5. The zero-order chi connectivity index (χ0) is 20.4. The number of carbonyl (C=O) groups is 3. The minimum atomic E-state index is -0.929. The van der Waals surface area contributed by atoms with Gasteiger partial charge in [0.05, 0.1) is 22.3 Å². The molecule has 1 fully saturated rings. The van der Waals surface area contributed by atoms with Crippen molar-refractivity contribution < 1.29 is 23.5 Å². The molecule has 9 heteroatoms. The second-order valence-electron chi connectivity index (χ2n) is 5.68. The molecule has 3 rings (SSSR count). The maximum absolute atomic E-state index is 13.1. The minimum Gasteiger partial charge on any atom is -0.491 e. The molecule has 2 aromatic rings. The average Bonchev–Trinajstić information content (AvgIpc) is 2.63. The van der Waals surface area contributed by atoms with E-state index in [0.29, 0.717) is 12.2 Å². The van der Waals surface area contributed by atoms with Gasteiger partial charge in [-0.1, -0.05) is 23.2 Å². The number of rotatable bonds is 4. The van der Waals surface area contributed by atoms with Crippen LogP contribution in [0.25, 0.3) is 6.08 Å². The number of urea groups is 1. The normalized spacial score (nSPS) is 15.8. The van der Waals surface area contributed by atoms with E-state index in [2.05, 4.69) is 5.32 Å². The summed E-state index contributed by atoms with van der Waals surface area (Å²) in [7, 11) is 0. The number of hydrogen-bond donors (Lipinski definition) is 1. The van der Waals surface area contributed by atoms with Gasteiger partial charge in [0, 0.05) is 0 Å². The summed E-state index contributed by atoms with van der Waals surface area (Å²) in [6, 6.07) is 6.73. The first-order valence-electron chi connectivity index (χ1n) is 8.10. The number of benzene rings is 2. The molecule has 1 N–H and O–H groups in total. The quantitative estimate of drug-likeness (QED) is 0.591. The highest BCUT2D eigenvalue weighted by Crippen LogP contribution is 2.35. The molecular weight excluding hydrogens is 410 g/mol. The number of carbonyl (C=O) groups excluding carboxylic acids is 3. The number of imide groups is 2. The van der Waals surface area contributed by atoms with Crippen molar-refractivity contribution in [2.75, 3.05) is 11.5 Å². The lowest BCUT2D eigenvalue weighted by Crippen LogP contribution is -2.54. The second-order valence-corrected chi connectivity index (χ2v) is 6.50. The summed E-state index contributed by atoms with van der Waals surface area (Å²) in [4.78, 5) is 37.8. The molecule has 0 spiro atoms. The van der Waals surface area contributed by atoms with Crippen LogP contribution in [-0.4, -0.2) is 24.5 Å². The lowest BCUT2D eigenvalue weighted by molar-refractivity contribution is -0.122. The van der Waals surface area contributed by atoms with Crippen LogP contribution in [0.15, 0.2) is 42.0 Å². The fourth-order valence-electron chi connectivity index (χ4n) is 2.59. The van der Waals surface area contributed by atoms with E-state index in [1.165, 1.54) is 30.3 Å². The van der Waals surface area contributed by atoms with Crippen molar-refractivity contribution in [3.8, 4) is 5.75 Å². The van der Waals surface area contributed by atoms with Gasteiger partial charge in [-0.25, -0.2) is 14.1 Å². The lowest BCUT2D eigenvalue weighted by atomic mass is 10.1. The number of halogens is 3. The molecule has 0 aliphatic carbocycles. The number of anilines is 1. The van der Waals surface area contributed by atoms with Gasteiger partial charge >= 0.3 is 6.03 Å².